The highest BCUT2D eigenvalue weighted by molar-refractivity contribution is 6.32. The van der Waals surface area contributed by atoms with E-state index < -0.39 is 0 Å². The van der Waals surface area contributed by atoms with Crippen LogP contribution in [-0.2, 0) is 6.42 Å². The lowest BCUT2D eigenvalue weighted by atomic mass is 9.97. The molecule has 90 valence electrons. The quantitative estimate of drug-likeness (QED) is 0.858. The summed E-state index contributed by atoms with van der Waals surface area (Å²) in [4.78, 5) is 0. The molecule has 1 aromatic rings. The van der Waals surface area contributed by atoms with Crippen LogP contribution in [0.25, 0.3) is 0 Å². The Labute approximate surface area is 103 Å². The van der Waals surface area contributed by atoms with Crippen molar-refractivity contribution in [1.29, 1.82) is 0 Å². The maximum absolute atomic E-state index is 6.20. The lowest BCUT2D eigenvalue weighted by Gasteiger charge is -2.15. The molecule has 0 atom stereocenters. The summed E-state index contributed by atoms with van der Waals surface area (Å²) in [5, 5.41) is 0.695. The van der Waals surface area contributed by atoms with Gasteiger partial charge in [-0.3, -0.25) is 0 Å². The summed E-state index contributed by atoms with van der Waals surface area (Å²) >= 11 is 6.20. The first-order chi connectivity index (χ1) is 7.60. The van der Waals surface area contributed by atoms with E-state index in [-0.39, 0.29) is 0 Å². The predicted octanol–water partition coefficient (Wildman–Crippen LogP) is 3.36. The van der Waals surface area contributed by atoms with Gasteiger partial charge in [-0.05, 0) is 42.5 Å². The summed E-state index contributed by atoms with van der Waals surface area (Å²) in [6.07, 6.45) is 1.96. The summed E-state index contributed by atoms with van der Waals surface area (Å²) in [6, 6.07) is 4.15. The second kappa shape index (κ2) is 6.12. The second-order valence-electron chi connectivity index (χ2n) is 4.25. The van der Waals surface area contributed by atoms with Gasteiger partial charge in [0, 0.05) is 0 Å². The summed E-state index contributed by atoms with van der Waals surface area (Å²) in [5.41, 5.74) is 7.92. The highest BCUT2D eigenvalue weighted by atomic mass is 35.5. The van der Waals surface area contributed by atoms with Crippen LogP contribution in [0.1, 0.15) is 37.3 Å². The molecule has 0 aromatic heterocycles. The Balaban J connectivity index is 3.07. The standard InChI is InChI=1S/C13H20ClNO/c1-9(2)11-7-10(5-4-6-15)8-12(14)13(11)16-3/h7-9H,4-6,15H2,1-3H3. The summed E-state index contributed by atoms with van der Waals surface area (Å²) in [5.74, 6) is 1.21. The molecule has 0 radical (unpaired) electrons. The molecule has 0 unspecified atom stereocenters. The monoisotopic (exact) mass is 241 g/mol. The molecular weight excluding hydrogens is 222 g/mol. The van der Waals surface area contributed by atoms with Crippen LogP contribution in [0.15, 0.2) is 12.1 Å². The Morgan fingerprint density at radius 3 is 2.56 bits per heavy atom. The first-order valence-electron chi connectivity index (χ1n) is 5.66. The number of hydrogen-bond donors (Lipinski definition) is 1. The maximum atomic E-state index is 6.20. The van der Waals surface area contributed by atoms with Gasteiger partial charge < -0.3 is 10.5 Å². The number of halogens is 1. The van der Waals surface area contributed by atoms with Gasteiger partial charge in [-0.1, -0.05) is 31.5 Å². The predicted molar refractivity (Wildman–Crippen MR) is 69.5 cm³/mol. The largest absolute Gasteiger partial charge is 0.495 e. The van der Waals surface area contributed by atoms with Crippen molar-refractivity contribution in [2.45, 2.75) is 32.6 Å². The molecule has 0 bridgehead atoms. The minimum absolute atomic E-state index is 0.408. The third-order valence-corrected chi connectivity index (χ3v) is 2.91. The number of hydrogen-bond acceptors (Lipinski definition) is 2. The lowest BCUT2D eigenvalue weighted by Crippen LogP contribution is -2.02. The van der Waals surface area contributed by atoms with Gasteiger partial charge >= 0.3 is 0 Å². The third-order valence-electron chi connectivity index (χ3n) is 2.63. The van der Waals surface area contributed by atoms with E-state index in [1.165, 1.54) is 11.1 Å². The van der Waals surface area contributed by atoms with Crippen molar-refractivity contribution in [3.05, 3.63) is 28.3 Å². The SMILES string of the molecule is COc1c(Cl)cc(CCCN)cc1C(C)C. The van der Waals surface area contributed by atoms with Crippen LogP contribution in [0, 0.1) is 0 Å². The molecule has 0 amide bonds. The molecule has 0 spiro atoms. The van der Waals surface area contributed by atoms with Crippen molar-refractivity contribution in [1.82, 2.24) is 0 Å². The molecule has 16 heavy (non-hydrogen) atoms. The molecule has 0 aliphatic heterocycles. The van der Waals surface area contributed by atoms with Crippen molar-refractivity contribution >= 4 is 11.6 Å². The highest BCUT2D eigenvalue weighted by Crippen LogP contribution is 2.35. The van der Waals surface area contributed by atoms with Gasteiger partial charge in [0.2, 0.25) is 0 Å². The van der Waals surface area contributed by atoms with Crippen LogP contribution in [0.3, 0.4) is 0 Å². The fraction of sp³-hybridized carbons (Fsp3) is 0.538. The van der Waals surface area contributed by atoms with E-state index in [4.69, 9.17) is 22.1 Å². The molecule has 2 nitrogen and oxygen atoms in total. The average molecular weight is 242 g/mol. The van der Waals surface area contributed by atoms with E-state index in [0.29, 0.717) is 17.5 Å². The summed E-state index contributed by atoms with van der Waals surface area (Å²) < 4.78 is 5.34. The second-order valence-corrected chi connectivity index (χ2v) is 4.65. The molecule has 0 fully saturated rings. The molecule has 1 aromatic carbocycles. The first kappa shape index (κ1) is 13.3. The van der Waals surface area contributed by atoms with E-state index in [1.54, 1.807) is 7.11 Å². The number of methoxy groups -OCH3 is 1. The zero-order chi connectivity index (χ0) is 12.1. The van der Waals surface area contributed by atoms with E-state index in [1.807, 2.05) is 6.07 Å². The number of aryl methyl sites for hydroxylation is 1. The van der Waals surface area contributed by atoms with Gasteiger partial charge in [-0.25, -0.2) is 0 Å². The number of nitrogens with two attached hydrogens (primary N) is 1. The molecule has 0 saturated heterocycles. The van der Waals surface area contributed by atoms with Gasteiger partial charge in [0.1, 0.15) is 5.75 Å². The fourth-order valence-corrected chi connectivity index (χ4v) is 2.09. The number of rotatable bonds is 5. The van der Waals surface area contributed by atoms with Crippen LogP contribution in [0.2, 0.25) is 5.02 Å². The molecule has 0 aliphatic rings. The van der Waals surface area contributed by atoms with E-state index in [9.17, 15) is 0 Å². The first-order valence-corrected chi connectivity index (χ1v) is 6.04. The van der Waals surface area contributed by atoms with Crippen molar-refractivity contribution in [2.75, 3.05) is 13.7 Å². The van der Waals surface area contributed by atoms with Crippen LogP contribution in [0.5, 0.6) is 5.75 Å². The molecule has 2 N–H and O–H groups in total. The topological polar surface area (TPSA) is 35.2 Å². The minimum Gasteiger partial charge on any atom is -0.495 e. The van der Waals surface area contributed by atoms with Crippen LogP contribution in [0.4, 0.5) is 0 Å². The van der Waals surface area contributed by atoms with Gasteiger partial charge in [-0.2, -0.15) is 0 Å². The minimum atomic E-state index is 0.408. The van der Waals surface area contributed by atoms with E-state index in [2.05, 4.69) is 19.9 Å². The van der Waals surface area contributed by atoms with Crippen molar-refractivity contribution in [3.63, 3.8) is 0 Å². The molecule has 0 saturated carbocycles. The third kappa shape index (κ3) is 3.13. The van der Waals surface area contributed by atoms with Gasteiger partial charge in [0.25, 0.3) is 0 Å². The zero-order valence-corrected chi connectivity index (χ0v) is 11.0. The Hall–Kier alpha value is -0.730. The average Bonchev–Trinajstić information content (AvgIpc) is 2.25. The van der Waals surface area contributed by atoms with Crippen LogP contribution < -0.4 is 10.5 Å². The Bertz CT molecular complexity index is 350. The van der Waals surface area contributed by atoms with E-state index in [0.717, 1.165) is 18.6 Å². The summed E-state index contributed by atoms with van der Waals surface area (Å²) in [7, 11) is 1.66. The van der Waals surface area contributed by atoms with Crippen LogP contribution in [-0.4, -0.2) is 13.7 Å². The molecule has 3 heteroatoms. The van der Waals surface area contributed by atoms with Gasteiger partial charge in [0.15, 0.2) is 0 Å². The molecule has 1 rings (SSSR count). The maximum Gasteiger partial charge on any atom is 0.140 e. The highest BCUT2D eigenvalue weighted by Gasteiger charge is 2.12. The lowest BCUT2D eigenvalue weighted by molar-refractivity contribution is 0.407. The normalized spacial score (nSPS) is 10.9. The number of benzene rings is 1. The zero-order valence-electron chi connectivity index (χ0n) is 10.2. The van der Waals surface area contributed by atoms with Crippen LogP contribution >= 0.6 is 11.6 Å². The van der Waals surface area contributed by atoms with Gasteiger partial charge in [-0.15, -0.1) is 0 Å². The van der Waals surface area contributed by atoms with E-state index >= 15 is 0 Å². The summed E-state index contributed by atoms with van der Waals surface area (Å²) in [6.45, 7) is 4.99. The van der Waals surface area contributed by atoms with Crippen molar-refractivity contribution in [3.8, 4) is 5.75 Å². The van der Waals surface area contributed by atoms with Crippen molar-refractivity contribution < 1.29 is 4.74 Å². The number of ether oxygens (including phenoxy) is 1. The van der Waals surface area contributed by atoms with Crippen molar-refractivity contribution in [2.24, 2.45) is 5.73 Å². The Kier molecular flexibility index (Phi) is 5.10. The molecule has 0 heterocycles. The Morgan fingerprint density at radius 2 is 2.06 bits per heavy atom. The Morgan fingerprint density at radius 1 is 1.38 bits per heavy atom. The molecule has 0 aliphatic carbocycles. The van der Waals surface area contributed by atoms with Gasteiger partial charge in [0.05, 0.1) is 12.1 Å². The molecular formula is C13H20ClNO. The smallest absolute Gasteiger partial charge is 0.140 e. The fourth-order valence-electron chi connectivity index (χ4n) is 1.77.